The maximum absolute atomic E-state index is 11.0. The van der Waals surface area contributed by atoms with Gasteiger partial charge in [0.2, 0.25) is 6.41 Å². The van der Waals surface area contributed by atoms with Crippen LogP contribution in [0.1, 0.15) is 0 Å². The number of hydrogen-bond acceptors (Lipinski definition) is 1. The molecule has 0 aliphatic rings. The van der Waals surface area contributed by atoms with Gasteiger partial charge in [-0.25, -0.2) is 0 Å². The van der Waals surface area contributed by atoms with E-state index in [0.717, 1.165) is 28.2 Å². The lowest BCUT2D eigenvalue weighted by atomic mass is 10.2. The van der Waals surface area contributed by atoms with Gasteiger partial charge in [-0.2, -0.15) is 0 Å². The van der Waals surface area contributed by atoms with Gasteiger partial charge in [-0.1, -0.05) is 36.4 Å². The van der Waals surface area contributed by atoms with Crippen LogP contribution >= 0.6 is 0 Å². The highest BCUT2D eigenvalue weighted by atomic mass is 16.1. The molecule has 3 rings (SSSR count). The van der Waals surface area contributed by atoms with Crippen LogP contribution in [-0.4, -0.2) is 18.1 Å². The highest BCUT2D eigenvalue weighted by molar-refractivity contribution is 6.08. The smallest absolute Gasteiger partial charge is 0.228 e. The van der Waals surface area contributed by atoms with Crippen LogP contribution in [0.2, 0.25) is 0 Å². The molecule has 0 aliphatic heterocycles. The Labute approximate surface area is 98.8 Å². The number of para-hydroxylation sites is 2. The molecule has 0 saturated carbocycles. The second-order valence-corrected chi connectivity index (χ2v) is 4.03. The predicted molar refractivity (Wildman–Crippen MR) is 69.6 cm³/mol. The molecule has 17 heavy (non-hydrogen) atoms. The number of rotatable bonds is 2. The summed E-state index contributed by atoms with van der Waals surface area (Å²) in [5.41, 5.74) is 2.09. The van der Waals surface area contributed by atoms with Gasteiger partial charge in [0.05, 0.1) is 11.0 Å². The highest BCUT2D eigenvalue weighted by Gasteiger charge is 2.11. The average molecular weight is 224 g/mol. The Hall–Kier alpha value is -2.29. The first-order valence-corrected chi connectivity index (χ1v) is 5.49. The first-order chi connectivity index (χ1) is 8.33. The van der Waals surface area contributed by atoms with Gasteiger partial charge in [0.1, 0.15) is 0 Å². The SMILES string of the molecule is CN(C=O)n1c2ccccc2c2ccccc21. The quantitative estimate of drug-likeness (QED) is 0.614. The van der Waals surface area contributed by atoms with Crippen molar-refractivity contribution in [1.29, 1.82) is 0 Å². The third kappa shape index (κ3) is 1.32. The number of nitrogens with zero attached hydrogens (tertiary/aromatic N) is 2. The fourth-order valence-corrected chi connectivity index (χ4v) is 2.29. The first kappa shape index (κ1) is 9.90. The van der Waals surface area contributed by atoms with E-state index < -0.39 is 0 Å². The summed E-state index contributed by atoms with van der Waals surface area (Å²) >= 11 is 0. The third-order valence-electron chi connectivity index (χ3n) is 3.02. The number of amides is 1. The van der Waals surface area contributed by atoms with Crippen LogP contribution in [0.25, 0.3) is 21.8 Å². The molecule has 84 valence electrons. The van der Waals surface area contributed by atoms with Crippen molar-refractivity contribution in [2.24, 2.45) is 0 Å². The van der Waals surface area contributed by atoms with E-state index in [0.29, 0.717) is 0 Å². The maximum atomic E-state index is 11.0. The summed E-state index contributed by atoms with van der Waals surface area (Å²) in [5.74, 6) is 0. The first-order valence-electron chi connectivity index (χ1n) is 5.49. The van der Waals surface area contributed by atoms with Gasteiger partial charge in [-0.15, -0.1) is 0 Å². The van der Waals surface area contributed by atoms with Gasteiger partial charge in [0.25, 0.3) is 0 Å². The molecule has 3 aromatic rings. The van der Waals surface area contributed by atoms with E-state index in [1.807, 2.05) is 41.1 Å². The van der Waals surface area contributed by atoms with Crippen molar-refractivity contribution in [3.05, 3.63) is 48.5 Å². The number of benzene rings is 2. The lowest BCUT2D eigenvalue weighted by molar-refractivity contribution is -0.108. The second-order valence-electron chi connectivity index (χ2n) is 4.03. The second kappa shape index (κ2) is 3.63. The zero-order valence-electron chi connectivity index (χ0n) is 9.50. The zero-order valence-corrected chi connectivity index (χ0v) is 9.50. The van der Waals surface area contributed by atoms with E-state index in [4.69, 9.17) is 0 Å². The molecule has 0 aliphatic carbocycles. The largest absolute Gasteiger partial charge is 0.277 e. The van der Waals surface area contributed by atoms with Crippen molar-refractivity contribution in [2.45, 2.75) is 0 Å². The van der Waals surface area contributed by atoms with E-state index in [1.54, 1.807) is 12.1 Å². The molecule has 0 bridgehead atoms. The molecule has 0 saturated heterocycles. The van der Waals surface area contributed by atoms with Gasteiger partial charge >= 0.3 is 0 Å². The Morgan fingerprint density at radius 3 is 1.88 bits per heavy atom. The Kier molecular flexibility index (Phi) is 2.11. The predicted octanol–water partition coefficient (Wildman–Crippen LogP) is 2.52. The van der Waals surface area contributed by atoms with Crippen LogP contribution in [0.3, 0.4) is 0 Å². The molecule has 0 unspecified atom stereocenters. The summed E-state index contributed by atoms with van der Waals surface area (Å²) < 4.78 is 1.93. The molecule has 0 spiro atoms. The fourth-order valence-electron chi connectivity index (χ4n) is 2.29. The molecule has 3 nitrogen and oxygen atoms in total. The van der Waals surface area contributed by atoms with Gasteiger partial charge in [0, 0.05) is 17.8 Å². The molecule has 0 radical (unpaired) electrons. The molecule has 1 aromatic heterocycles. The Bertz CT molecular complexity index is 646. The third-order valence-corrected chi connectivity index (χ3v) is 3.02. The molecule has 0 atom stereocenters. The minimum Gasteiger partial charge on any atom is -0.277 e. The van der Waals surface area contributed by atoms with Crippen LogP contribution in [0.15, 0.2) is 48.5 Å². The minimum absolute atomic E-state index is 0.818. The van der Waals surface area contributed by atoms with Gasteiger partial charge in [-0.3, -0.25) is 14.5 Å². The molecular formula is C14H12N2O. The van der Waals surface area contributed by atoms with Crippen LogP contribution in [0.4, 0.5) is 0 Å². The van der Waals surface area contributed by atoms with Crippen LogP contribution in [0.5, 0.6) is 0 Å². The molecule has 1 heterocycles. The normalized spacial score (nSPS) is 10.9. The average Bonchev–Trinajstić information content (AvgIpc) is 2.72. The van der Waals surface area contributed by atoms with E-state index in [-0.39, 0.29) is 0 Å². The van der Waals surface area contributed by atoms with Crippen molar-refractivity contribution >= 4 is 28.2 Å². The lowest BCUT2D eigenvalue weighted by Crippen LogP contribution is -2.27. The number of fused-ring (bicyclic) bond motifs is 3. The number of aromatic nitrogens is 1. The highest BCUT2D eigenvalue weighted by Crippen LogP contribution is 2.28. The van der Waals surface area contributed by atoms with E-state index in [9.17, 15) is 4.79 Å². The summed E-state index contributed by atoms with van der Waals surface area (Å²) in [7, 11) is 1.76. The van der Waals surface area contributed by atoms with Gasteiger partial charge in [0.15, 0.2) is 0 Å². The van der Waals surface area contributed by atoms with E-state index in [2.05, 4.69) is 12.1 Å². The summed E-state index contributed by atoms with van der Waals surface area (Å²) in [6.45, 7) is 0. The summed E-state index contributed by atoms with van der Waals surface area (Å²) in [6.07, 6.45) is 0.818. The van der Waals surface area contributed by atoms with Crippen molar-refractivity contribution in [1.82, 2.24) is 4.68 Å². The topological polar surface area (TPSA) is 25.2 Å². The van der Waals surface area contributed by atoms with Crippen molar-refractivity contribution in [2.75, 3.05) is 12.1 Å². The van der Waals surface area contributed by atoms with Crippen molar-refractivity contribution < 1.29 is 4.79 Å². The van der Waals surface area contributed by atoms with E-state index in [1.165, 1.54) is 0 Å². The zero-order chi connectivity index (χ0) is 11.8. The molecule has 0 fully saturated rings. The molecule has 1 amide bonds. The Morgan fingerprint density at radius 2 is 1.41 bits per heavy atom. The maximum Gasteiger partial charge on any atom is 0.228 e. The van der Waals surface area contributed by atoms with E-state index >= 15 is 0 Å². The van der Waals surface area contributed by atoms with Gasteiger partial charge in [-0.05, 0) is 12.1 Å². The number of carbonyl (C=O) groups excluding carboxylic acids is 1. The number of hydrogen-bond donors (Lipinski definition) is 0. The molecule has 0 N–H and O–H groups in total. The summed E-state index contributed by atoms with van der Waals surface area (Å²) in [5, 5.41) is 3.89. The van der Waals surface area contributed by atoms with Crippen LogP contribution in [0, 0.1) is 0 Å². The van der Waals surface area contributed by atoms with Crippen LogP contribution in [-0.2, 0) is 4.79 Å². The van der Waals surface area contributed by atoms with Crippen LogP contribution < -0.4 is 5.01 Å². The van der Waals surface area contributed by atoms with Crippen molar-refractivity contribution in [3.63, 3.8) is 0 Å². The number of carbonyl (C=O) groups is 1. The Balaban J connectivity index is 2.54. The van der Waals surface area contributed by atoms with Gasteiger partial charge < -0.3 is 0 Å². The summed E-state index contributed by atoms with van der Waals surface area (Å²) in [6, 6.07) is 16.2. The molecule has 2 aromatic carbocycles. The molecule has 3 heteroatoms. The standard InChI is InChI=1S/C14H12N2O/c1-15(10-17)16-13-8-4-2-6-11(13)12-7-3-5-9-14(12)16/h2-10H,1H3. The fraction of sp³-hybridized carbons (Fsp3) is 0.0714. The molecular weight excluding hydrogens is 212 g/mol. The minimum atomic E-state index is 0.818. The van der Waals surface area contributed by atoms with Crippen molar-refractivity contribution in [3.8, 4) is 0 Å². The Morgan fingerprint density at radius 1 is 0.941 bits per heavy atom. The summed E-state index contributed by atoms with van der Waals surface area (Å²) in [4.78, 5) is 11.0. The monoisotopic (exact) mass is 224 g/mol. The lowest BCUT2D eigenvalue weighted by Gasteiger charge is -2.15.